The summed E-state index contributed by atoms with van der Waals surface area (Å²) in [6.45, 7) is 4.45. The van der Waals surface area contributed by atoms with Crippen molar-refractivity contribution in [3.8, 4) is 0 Å². The lowest BCUT2D eigenvalue weighted by Crippen LogP contribution is -2.55. The zero-order valence-corrected chi connectivity index (χ0v) is 22.0. The largest absolute Gasteiger partial charge is 0.480 e. The van der Waals surface area contributed by atoms with Gasteiger partial charge in [0.25, 0.3) is 0 Å². The predicted octanol–water partition coefficient (Wildman–Crippen LogP) is -0.358. The number of aromatic nitrogens is 2. The molecule has 2 heterocycles. The summed E-state index contributed by atoms with van der Waals surface area (Å²) in [5.41, 5.74) is -0.729. The van der Waals surface area contributed by atoms with Gasteiger partial charge in [0.05, 0.1) is 6.61 Å². The van der Waals surface area contributed by atoms with E-state index in [1.807, 2.05) is 0 Å². The quantitative estimate of drug-likeness (QED) is 0.142. The van der Waals surface area contributed by atoms with Crippen LogP contribution in [0.2, 0.25) is 0 Å². The molecule has 2 fully saturated rings. The van der Waals surface area contributed by atoms with Gasteiger partial charge in [0.15, 0.2) is 12.3 Å². The summed E-state index contributed by atoms with van der Waals surface area (Å²) < 4.78 is 11.5. The monoisotopic (exact) mass is 565 g/mol. The maximum Gasteiger partial charge on any atom is 0.413 e. The first-order valence-electron chi connectivity index (χ1n) is 13.0. The molecule has 15 nitrogen and oxygen atoms in total. The highest BCUT2D eigenvalue weighted by Crippen LogP contribution is 2.32. The van der Waals surface area contributed by atoms with Crippen LogP contribution >= 0.6 is 0 Å². The highest BCUT2D eigenvalue weighted by molar-refractivity contribution is 5.89. The molecule has 0 radical (unpaired) electrons. The molecule has 1 aliphatic heterocycles. The summed E-state index contributed by atoms with van der Waals surface area (Å²) in [7, 11) is 0. The number of aliphatic hydroxyl groups is 2. The van der Waals surface area contributed by atoms with Gasteiger partial charge in [0.2, 0.25) is 12.3 Å². The standard InChI is InChI=1S/C25H35N5O10/c1-13-20(33)17(11-31)40-22(13)30-9-8-18(27-24(30)37)28-25(38)39-14(2)19(23(35)36)29-21(34)16(26-12-32)10-15-6-4-3-5-7-15/h8-9,12,14-17,19-20,22,31,33H,1,3-7,10-11H2,2H3,(H,26,32)(H,29,34)(H,35,36)(H,27,28,37,38)/t14-,16-,17+,19+,20-,22+/m0/s1. The fraction of sp³-hybridized carbons (Fsp3) is 0.600. The Morgan fingerprint density at radius 3 is 2.58 bits per heavy atom. The second-order valence-electron chi connectivity index (χ2n) is 9.87. The van der Waals surface area contributed by atoms with Gasteiger partial charge in [-0.1, -0.05) is 38.7 Å². The van der Waals surface area contributed by atoms with Crippen LogP contribution in [0.15, 0.2) is 29.2 Å². The lowest BCUT2D eigenvalue weighted by atomic mass is 9.84. The van der Waals surface area contributed by atoms with E-state index in [-0.39, 0.29) is 17.3 Å². The maximum absolute atomic E-state index is 12.8. The molecule has 2 aliphatic rings. The summed E-state index contributed by atoms with van der Waals surface area (Å²) >= 11 is 0. The molecular formula is C25H35N5O10. The van der Waals surface area contributed by atoms with Crippen molar-refractivity contribution >= 4 is 30.2 Å². The van der Waals surface area contributed by atoms with E-state index in [1.165, 1.54) is 19.2 Å². The molecule has 1 aliphatic carbocycles. The van der Waals surface area contributed by atoms with Crippen molar-refractivity contribution in [2.75, 3.05) is 11.9 Å². The highest BCUT2D eigenvalue weighted by atomic mass is 16.6. The van der Waals surface area contributed by atoms with E-state index in [2.05, 4.69) is 27.5 Å². The summed E-state index contributed by atoms with van der Waals surface area (Å²) in [6.07, 6.45) is 1.26. The van der Waals surface area contributed by atoms with Crippen LogP contribution in [0.4, 0.5) is 10.6 Å². The smallest absolute Gasteiger partial charge is 0.413 e. The Balaban J connectivity index is 1.60. The van der Waals surface area contributed by atoms with E-state index in [1.54, 1.807) is 0 Å². The Morgan fingerprint density at radius 1 is 1.30 bits per heavy atom. The van der Waals surface area contributed by atoms with Crippen LogP contribution in [0.25, 0.3) is 0 Å². The third kappa shape index (κ3) is 7.64. The van der Waals surface area contributed by atoms with Crippen molar-refractivity contribution in [1.29, 1.82) is 0 Å². The zero-order valence-electron chi connectivity index (χ0n) is 22.0. The number of hydrogen-bond acceptors (Lipinski definition) is 10. The number of carbonyl (C=O) groups excluding carboxylic acids is 3. The number of carboxylic acid groups (broad SMARTS) is 1. The number of nitrogens with zero attached hydrogens (tertiary/aromatic N) is 2. The van der Waals surface area contributed by atoms with Crippen molar-refractivity contribution in [1.82, 2.24) is 20.2 Å². The molecule has 40 heavy (non-hydrogen) atoms. The van der Waals surface area contributed by atoms with E-state index in [0.29, 0.717) is 12.8 Å². The Hall–Kier alpha value is -3.82. The van der Waals surface area contributed by atoms with Gasteiger partial charge in [-0.05, 0) is 25.3 Å². The van der Waals surface area contributed by atoms with E-state index in [0.717, 1.165) is 36.7 Å². The second kappa shape index (κ2) is 14.0. The molecular weight excluding hydrogens is 530 g/mol. The minimum absolute atomic E-state index is 0.142. The minimum Gasteiger partial charge on any atom is -0.480 e. The molecule has 1 saturated carbocycles. The van der Waals surface area contributed by atoms with Crippen molar-refractivity contribution in [3.63, 3.8) is 0 Å². The normalized spacial score (nSPS) is 23.5. The van der Waals surface area contributed by atoms with Crippen molar-refractivity contribution < 1.29 is 44.0 Å². The third-order valence-electron chi connectivity index (χ3n) is 7.05. The number of nitrogens with one attached hydrogen (secondary N) is 3. The molecule has 220 valence electrons. The predicted molar refractivity (Wildman–Crippen MR) is 138 cm³/mol. The number of amides is 3. The van der Waals surface area contributed by atoms with E-state index < -0.39 is 66.9 Å². The molecule has 0 spiro atoms. The number of hydrogen-bond donors (Lipinski definition) is 6. The van der Waals surface area contributed by atoms with Crippen LogP contribution < -0.4 is 21.6 Å². The average Bonchev–Trinajstić information content (AvgIpc) is 3.20. The van der Waals surface area contributed by atoms with Gasteiger partial charge in [-0.2, -0.15) is 4.98 Å². The Labute approximate surface area is 229 Å². The van der Waals surface area contributed by atoms with Gasteiger partial charge in [-0.15, -0.1) is 0 Å². The van der Waals surface area contributed by atoms with Gasteiger partial charge in [-0.25, -0.2) is 14.4 Å². The molecule has 6 atom stereocenters. The van der Waals surface area contributed by atoms with Gasteiger partial charge in [0.1, 0.15) is 30.2 Å². The maximum atomic E-state index is 12.8. The summed E-state index contributed by atoms with van der Waals surface area (Å²) in [5.74, 6) is -2.17. The SMILES string of the molecule is C=C1[C@H](n2ccc(NC(=O)O[C@@H](C)[C@@H](NC(=O)[C@H](CC3CCCCC3)NC=O)C(=O)O)nc2=O)O[C@H](CO)[C@H]1O. The minimum atomic E-state index is -1.63. The molecule has 0 unspecified atom stereocenters. The van der Waals surface area contributed by atoms with Crippen LogP contribution in [-0.2, 0) is 23.9 Å². The zero-order chi connectivity index (χ0) is 29.4. The van der Waals surface area contributed by atoms with Crippen molar-refractivity contribution in [3.05, 3.63) is 34.9 Å². The van der Waals surface area contributed by atoms with Gasteiger partial charge >= 0.3 is 17.8 Å². The Kier molecular flexibility index (Phi) is 10.8. The molecule has 1 aromatic rings. The number of ether oxygens (including phenoxy) is 2. The molecule has 0 bridgehead atoms. The second-order valence-corrected chi connectivity index (χ2v) is 9.87. The topological polar surface area (TPSA) is 218 Å². The first-order valence-corrected chi connectivity index (χ1v) is 13.0. The van der Waals surface area contributed by atoms with Crippen molar-refractivity contribution in [2.24, 2.45) is 5.92 Å². The Bertz CT molecular complexity index is 1150. The van der Waals surface area contributed by atoms with Gasteiger partial charge in [0, 0.05) is 11.8 Å². The number of aliphatic carboxylic acids is 1. The van der Waals surface area contributed by atoms with E-state index in [4.69, 9.17) is 9.47 Å². The first-order chi connectivity index (χ1) is 19.0. The van der Waals surface area contributed by atoms with Crippen LogP contribution in [0.3, 0.4) is 0 Å². The van der Waals surface area contributed by atoms with Gasteiger partial charge < -0.3 is 35.4 Å². The molecule has 1 saturated heterocycles. The molecule has 1 aromatic heterocycles. The number of carbonyl (C=O) groups is 4. The van der Waals surface area contributed by atoms with E-state index >= 15 is 0 Å². The molecule has 0 aromatic carbocycles. The summed E-state index contributed by atoms with van der Waals surface area (Å²) in [6, 6.07) is -1.33. The van der Waals surface area contributed by atoms with Crippen LogP contribution in [0, 0.1) is 5.92 Å². The molecule has 6 N–H and O–H groups in total. The lowest BCUT2D eigenvalue weighted by Gasteiger charge is -2.27. The molecule has 3 amide bonds. The lowest BCUT2D eigenvalue weighted by molar-refractivity contribution is -0.145. The highest BCUT2D eigenvalue weighted by Gasteiger charge is 2.39. The average molecular weight is 566 g/mol. The number of aliphatic hydroxyl groups excluding tert-OH is 2. The molecule has 3 rings (SSSR count). The Morgan fingerprint density at radius 2 is 2.00 bits per heavy atom. The number of rotatable bonds is 12. The fourth-order valence-electron chi connectivity index (χ4n) is 4.85. The fourth-order valence-corrected chi connectivity index (χ4v) is 4.85. The summed E-state index contributed by atoms with van der Waals surface area (Å²) in [5, 5.41) is 35.9. The number of anilines is 1. The van der Waals surface area contributed by atoms with E-state index in [9.17, 15) is 39.3 Å². The van der Waals surface area contributed by atoms with Crippen molar-refractivity contribution in [2.45, 2.75) is 82.1 Å². The third-order valence-corrected chi connectivity index (χ3v) is 7.05. The molecule has 15 heteroatoms. The van der Waals surface area contributed by atoms with Crippen LogP contribution in [-0.4, -0.2) is 86.3 Å². The van der Waals surface area contributed by atoms with Crippen LogP contribution in [0.1, 0.15) is 51.7 Å². The number of carboxylic acids is 1. The summed E-state index contributed by atoms with van der Waals surface area (Å²) in [4.78, 5) is 64.4. The van der Waals surface area contributed by atoms with Crippen LogP contribution in [0.5, 0.6) is 0 Å². The first kappa shape index (κ1) is 30.7. The van der Waals surface area contributed by atoms with Gasteiger partial charge in [-0.3, -0.25) is 19.5 Å².